The summed E-state index contributed by atoms with van der Waals surface area (Å²) < 4.78 is 13.2. The fraction of sp³-hybridized carbons (Fsp3) is 0.500. The Kier molecular flexibility index (Phi) is 4.77. The summed E-state index contributed by atoms with van der Waals surface area (Å²) in [6.07, 6.45) is 5.64. The number of hydrogen-bond acceptors (Lipinski definition) is 2. The Bertz CT molecular complexity index is 461. The lowest BCUT2D eigenvalue weighted by atomic mass is 9.94. The molecule has 0 spiro atoms. The molecule has 1 saturated carbocycles. The van der Waals surface area contributed by atoms with E-state index in [1.165, 1.54) is 18.6 Å². The predicted molar refractivity (Wildman–Crippen MR) is 73.4 cm³/mol. The third kappa shape index (κ3) is 3.67. The highest BCUT2D eigenvalue weighted by Crippen LogP contribution is 2.24. The van der Waals surface area contributed by atoms with Crippen LogP contribution in [-0.4, -0.2) is 11.9 Å². The smallest absolute Gasteiger partial charge is 0.239 e. The fourth-order valence-electron chi connectivity index (χ4n) is 2.54. The van der Waals surface area contributed by atoms with Crippen molar-refractivity contribution >= 4 is 17.5 Å². The Morgan fingerprint density at radius 3 is 2.63 bits per heavy atom. The van der Waals surface area contributed by atoms with Crippen LogP contribution in [0.2, 0.25) is 5.02 Å². The molecule has 1 atom stereocenters. The number of carbonyl (C=O) groups is 1. The van der Waals surface area contributed by atoms with Gasteiger partial charge in [-0.15, -0.1) is 0 Å². The van der Waals surface area contributed by atoms with E-state index in [4.69, 9.17) is 17.3 Å². The minimum atomic E-state index is -0.610. The Hall–Kier alpha value is -1.13. The van der Waals surface area contributed by atoms with Crippen LogP contribution >= 0.6 is 11.6 Å². The van der Waals surface area contributed by atoms with E-state index in [9.17, 15) is 9.18 Å². The molecular weight excluding hydrogens is 267 g/mol. The van der Waals surface area contributed by atoms with E-state index < -0.39 is 17.8 Å². The maximum Gasteiger partial charge on any atom is 0.239 e. The zero-order valence-corrected chi connectivity index (χ0v) is 11.4. The number of hydrogen-bond donors (Lipinski definition) is 2. The predicted octanol–water partition coefficient (Wildman–Crippen LogP) is 2.93. The third-order valence-electron chi connectivity index (χ3n) is 3.57. The quantitative estimate of drug-likeness (QED) is 0.893. The summed E-state index contributed by atoms with van der Waals surface area (Å²) in [6.45, 7) is 0. The van der Waals surface area contributed by atoms with Gasteiger partial charge < -0.3 is 5.73 Å². The minimum absolute atomic E-state index is 0.00851. The van der Waals surface area contributed by atoms with Crippen LogP contribution in [0.1, 0.15) is 43.7 Å². The summed E-state index contributed by atoms with van der Waals surface area (Å²) in [5.74, 6) is -0.959. The van der Waals surface area contributed by atoms with Gasteiger partial charge in [0.15, 0.2) is 0 Å². The van der Waals surface area contributed by atoms with Crippen LogP contribution in [0.5, 0.6) is 0 Å². The van der Waals surface area contributed by atoms with Crippen molar-refractivity contribution in [1.29, 1.82) is 0 Å². The van der Waals surface area contributed by atoms with Gasteiger partial charge in [-0.25, -0.2) is 4.39 Å². The summed E-state index contributed by atoms with van der Waals surface area (Å²) in [6, 6.07) is 3.95. The van der Waals surface area contributed by atoms with Gasteiger partial charge in [-0.1, -0.05) is 36.9 Å². The van der Waals surface area contributed by atoms with E-state index in [1.807, 2.05) is 0 Å². The summed E-state index contributed by atoms with van der Waals surface area (Å²) >= 11 is 5.75. The molecule has 1 amide bonds. The van der Waals surface area contributed by atoms with Crippen LogP contribution in [0.25, 0.3) is 0 Å². The van der Waals surface area contributed by atoms with Crippen LogP contribution in [0.15, 0.2) is 18.2 Å². The van der Waals surface area contributed by atoms with E-state index in [0.29, 0.717) is 5.56 Å². The second kappa shape index (κ2) is 6.35. The number of rotatable bonds is 4. The van der Waals surface area contributed by atoms with Gasteiger partial charge in [-0.2, -0.15) is 0 Å². The van der Waals surface area contributed by atoms with Crippen molar-refractivity contribution in [2.75, 3.05) is 0 Å². The van der Waals surface area contributed by atoms with Gasteiger partial charge in [0.05, 0.1) is 5.02 Å². The molecule has 1 aromatic rings. The first kappa shape index (κ1) is 14.3. The number of primary amides is 1. The van der Waals surface area contributed by atoms with Crippen molar-refractivity contribution in [2.24, 2.45) is 5.73 Å². The number of amides is 1. The van der Waals surface area contributed by atoms with Gasteiger partial charge in [0.25, 0.3) is 0 Å². The van der Waals surface area contributed by atoms with Crippen LogP contribution in [0, 0.1) is 5.82 Å². The average molecular weight is 285 g/mol. The molecule has 0 heterocycles. The Labute approximate surface area is 117 Å². The van der Waals surface area contributed by atoms with Crippen LogP contribution < -0.4 is 11.1 Å². The number of carbonyl (C=O) groups excluding carboxylic acids is 1. The molecule has 104 valence electrons. The van der Waals surface area contributed by atoms with Gasteiger partial charge in [-0.3, -0.25) is 10.1 Å². The Morgan fingerprint density at radius 1 is 1.37 bits per heavy atom. The molecular formula is C14H18ClFN2O. The molecule has 3 N–H and O–H groups in total. The Balaban J connectivity index is 2.14. The molecule has 3 nitrogen and oxygen atoms in total. The van der Waals surface area contributed by atoms with Gasteiger partial charge >= 0.3 is 0 Å². The lowest BCUT2D eigenvalue weighted by molar-refractivity contribution is -0.120. The zero-order valence-electron chi connectivity index (χ0n) is 10.7. The highest BCUT2D eigenvalue weighted by atomic mass is 35.5. The standard InChI is InChI=1S/C14H18ClFN2O/c15-11-8-9(6-7-12(11)16)13(14(17)19)18-10-4-2-1-3-5-10/h6-8,10,13,18H,1-5H2,(H2,17,19). The van der Waals surface area contributed by atoms with E-state index in [-0.39, 0.29) is 11.1 Å². The molecule has 0 bridgehead atoms. The fourth-order valence-corrected chi connectivity index (χ4v) is 2.73. The first-order valence-corrected chi connectivity index (χ1v) is 6.96. The molecule has 19 heavy (non-hydrogen) atoms. The van der Waals surface area contributed by atoms with Crippen molar-refractivity contribution < 1.29 is 9.18 Å². The Morgan fingerprint density at radius 2 is 2.05 bits per heavy atom. The van der Waals surface area contributed by atoms with E-state index in [0.717, 1.165) is 25.7 Å². The highest BCUT2D eigenvalue weighted by Gasteiger charge is 2.23. The summed E-state index contributed by atoms with van der Waals surface area (Å²) in [5, 5.41) is 3.27. The van der Waals surface area contributed by atoms with E-state index in [1.54, 1.807) is 6.07 Å². The number of halogens is 2. The molecule has 0 aliphatic heterocycles. The van der Waals surface area contributed by atoms with Crippen molar-refractivity contribution in [2.45, 2.75) is 44.2 Å². The molecule has 1 aromatic carbocycles. The van der Waals surface area contributed by atoms with Crippen LogP contribution in [-0.2, 0) is 4.79 Å². The minimum Gasteiger partial charge on any atom is -0.368 e. The van der Waals surface area contributed by atoms with Crippen molar-refractivity contribution in [3.63, 3.8) is 0 Å². The first-order valence-electron chi connectivity index (χ1n) is 6.58. The molecule has 1 aliphatic carbocycles. The topological polar surface area (TPSA) is 55.1 Å². The third-order valence-corrected chi connectivity index (χ3v) is 3.86. The van der Waals surface area contributed by atoms with Crippen molar-refractivity contribution in [3.8, 4) is 0 Å². The second-order valence-corrected chi connectivity index (χ2v) is 5.42. The lowest BCUT2D eigenvalue weighted by Gasteiger charge is -2.27. The van der Waals surface area contributed by atoms with Gasteiger partial charge in [0.1, 0.15) is 11.9 Å². The van der Waals surface area contributed by atoms with E-state index in [2.05, 4.69) is 5.32 Å². The van der Waals surface area contributed by atoms with E-state index >= 15 is 0 Å². The monoisotopic (exact) mass is 284 g/mol. The van der Waals surface area contributed by atoms with Crippen LogP contribution in [0.3, 0.4) is 0 Å². The molecule has 1 fully saturated rings. The molecule has 1 unspecified atom stereocenters. The average Bonchev–Trinajstić information content (AvgIpc) is 2.40. The van der Waals surface area contributed by atoms with Crippen molar-refractivity contribution in [3.05, 3.63) is 34.6 Å². The molecule has 1 aliphatic rings. The number of nitrogens with one attached hydrogen (secondary N) is 1. The maximum absolute atomic E-state index is 13.2. The highest BCUT2D eigenvalue weighted by molar-refractivity contribution is 6.30. The molecule has 0 saturated heterocycles. The maximum atomic E-state index is 13.2. The van der Waals surface area contributed by atoms with Gasteiger partial charge in [-0.05, 0) is 30.5 Å². The van der Waals surface area contributed by atoms with Crippen molar-refractivity contribution in [1.82, 2.24) is 5.32 Å². The molecule has 5 heteroatoms. The SMILES string of the molecule is NC(=O)C(NC1CCCCC1)c1ccc(F)c(Cl)c1. The normalized spacial score (nSPS) is 18.2. The lowest BCUT2D eigenvalue weighted by Crippen LogP contribution is -2.41. The second-order valence-electron chi connectivity index (χ2n) is 5.01. The molecule has 2 rings (SSSR count). The summed E-state index contributed by atoms with van der Waals surface area (Å²) in [5.41, 5.74) is 6.05. The zero-order chi connectivity index (χ0) is 13.8. The summed E-state index contributed by atoms with van der Waals surface area (Å²) in [7, 11) is 0. The molecule has 0 aromatic heterocycles. The molecule has 0 radical (unpaired) electrons. The largest absolute Gasteiger partial charge is 0.368 e. The van der Waals surface area contributed by atoms with Gasteiger partial charge in [0, 0.05) is 6.04 Å². The summed E-state index contributed by atoms with van der Waals surface area (Å²) in [4.78, 5) is 11.6. The first-order chi connectivity index (χ1) is 9.08. The van der Waals surface area contributed by atoms with Crippen LogP contribution in [0.4, 0.5) is 4.39 Å². The number of benzene rings is 1. The van der Waals surface area contributed by atoms with Gasteiger partial charge in [0.2, 0.25) is 5.91 Å². The number of nitrogens with two attached hydrogens (primary N) is 1.